The predicted molar refractivity (Wildman–Crippen MR) is 93.5 cm³/mol. The molecule has 2 rings (SSSR count). The number of thiazole rings is 1. The lowest BCUT2D eigenvalue weighted by Crippen LogP contribution is -2.41. The number of carbonyl (C=O) groups excluding carboxylic acids is 1. The summed E-state index contributed by atoms with van der Waals surface area (Å²) in [6.07, 6.45) is 4.39. The van der Waals surface area contributed by atoms with Crippen LogP contribution in [0.5, 0.6) is 0 Å². The zero-order valence-corrected chi connectivity index (χ0v) is 14.9. The molecule has 0 saturated heterocycles. The van der Waals surface area contributed by atoms with Crippen LogP contribution in [0.2, 0.25) is 0 Å². The third-order valence-corrected chi connectivity index (χ3v) is 4.85. The second kappa shape index (κ2) is 8.06. The molecule has 0 bridgehead atoms. The Hall–Kier alpha value is -1.95. The minimum absolute atomic E-state index is 0.0382. The van der Waals surface area contributed by atoms with E-state index in [0.717, 1.165) is 17.7 Å². The molecule has 2 aromatic rings. The van der Waals surface area contributed by atoms with Gasteiger partial charge in [-0.15, -0.1) is 11.3 Å². The highest BCUT2D eigenvalue weighted by Gasteiger charge is 2.20. The van der Waals surface area contributed by atoms with E-state index in [1.807, 2.05) is 37.8 Å². The number of pyridine rings is 1. The largest absolute Gasteiger partial charge is 0.331 e. The van der Waals surface area contributed by atoms with Crippen LogP contribution in [0.25, 0.3) is 0 Å². The summed E-state index contributed by atoms with van der Waals surface area (Å²) < 4.78 is 0. The Morgan fingerprint density at radius 3 is 2.78 bits per heavy atom. The number of urea groups is 1. The lowest BCUT2D eigenvalue weighted by Gasteiger charge is -2.26. The van der Waals surface area contributed by atoms with Gasteiger partial charge in [0.05, 0.1) is 17.2 Å². The first kappa shape index (κ1) is 17.4. The van der Waals surface area contributed by atoms with Crippen molar-refractivity contribution in [1.29, 1.82) is 0 Å². The molecule has 0 saturated carbocycles. The highest BCUT2D eigenvalue weighted by atomic mass is 32.1. The monoisotopic (exact) mass is 332 g/mol. The number of nitrogens with one attached hydrogen (secondary N) is 1. The molecule has 0 aliphatic carbocycles. The van der Waals surface area contributed by atoms with E-state index in [4.69, 9.17) is 0 Å². The number of rotatable bonds is 6. The molecular formula is C17H24N4OS. The second-order valence-corrected chi connectivity index (χ2v) is 6.93. The Morgan fingerprint density at radius 2 is 2.22 bits per heavy atom. The molecule has 6 heteroatoms. The first-order chi connectivity index (χ1) is 11.0. The van der Waals surface area contributed by atoms with Crippen molar-refractivity contribution in [3.8, 4) is 0 Å². The van der Waals surface area contributed by atoms with Crippen LogP contribution in [0, 0.1) is 12.8 Å². The van der Waals surface area contributed by atoms with Crippen molar-refractivity contribution in [2.24, 2.45) is 5.92 Å². The van der Waals surface area contributed by atoms with Crippen molar-refractivity contribution < 1.29 is 4.79 Å². The van der Waals surface area contributed by atoms with Gasteiger partial charge < -0.3 is 10.2 Å². The molecule has 2 aromatic heterocycles. The number of carbonyl (C=O) groups is 1. The molecule has 2 heterocycles. The Bertz CT molecular complexity index is 627. The maximum absolute atomic E-state index is 12.5. The summed E-state index contributed by atoms with van der Waals surface area (Å²) >= 11 is 1.64. The van der Waals surface area contributed by atoms with E-state index in [0.29, 0.717) is 12.5 Å². The minimum Gasteiger partial charge on any atom is -0.331 e. The summed E-state index contributed by atoms with van der Waals surface area (Å²) in [5.74, 6) is 0.292. The van der Waals surface area contributed by atoms with Crippen molar-refractivity contribution in [3.05, 3.63) is 46.2 Å². The molecule has 0 aromatic carbocycles. The van der Waals surface area contributed by atoms with Gasteiger partial charge in [-0.1, -0.05) is 19.9 Å². The summed E-state index contributed by atoms with van der Waals surface area (Å²) in [6.45, 7) is 6.87. The maximum atomic E-state index is 12.5. The van der Waals surface area contributed by atoms with Crippen LogP contribution >= 0.6 is 11.3 Å². The molecule has 0 aliphatic rings. The highest BCUT2D eigenvalue weighted by molar-refractivity contribution is 7.09. The minimum atomic E-state index is -0.0604. The lowest BCUT2D eigenvalue weighted by atomic mass is 9.98. The van der Waals surface area contributed by atoms with Crippen molar-refractivity contribution in [1.82, 2.24) is 20.2 Å². The zero-order valence-electron chi connectivity index (χ0n) is 14.1. The number of aryl methyl sites for hydroxylation is 1. The first-order valence-electron chi connectivity index (χ1n) is 7.79. The number of likely N-dealkylation sites (N-methyl/N-ethyl adjacent to an activating group) is 1. The van der Waals surface area contributed by atoms with Crippen molar-refractivity contribution in [3.63, 3.8) is 0 Å². The molecule has 0 spiro atoms. The molecule has 0 radical (unpaired) electrons. The van der Waals surface area contributed by atoms with Crippen LogP contribution in [0.4, 0.5) is 4.79 Å². The molecule has 0 unspecified atom stereocenters. The fourth-order valence-corrected chi connectivity index (χ4v) is 3.15. The molecule has 1 atom stereocenters. The Labute approximate surface area is 141 Å². The number of amides is 2. The summed E-state index contributed by atoms with van der Waals surface area (Å²) in [6, 6.07) is 3.80. The second-order valence-electron chi connectivity index (χ2n) is 5.99. The van der Waals surface area contributed by atoms with Gasteiger partial charge in [-0.25, -0.2) is 9.78 Å². The molecule has 5 nitrogen and oxygen atoms in total. The van der Waals surface area contributed by atoms with Gasteiger partial charge in [0, 0.05) is 37.3 Å². The Kier molecular flexibility index (Phi) is 6.10. The standard InChI is InChI=1S/C17H24N4OS/c1-12(2)16(14-6-5-8-18-10-14)20-17(22)21(4)9-7-15-13(3)19-11-23-15/h5-6,8,10-12,16H,7,9H2,1-4H3,(H,20,22)/t16-/m0/s1. The molecular weight excluding hydrogens is 308 g/mol. The predicted octanol–water partition coefficient (Wildman–Crippen LogP) is 3.43. The van der Waals surface area contributed by atoms with Gasteiger partial charge in [-0.05, 0) is 24.5 Å². The molecule has 23 heavy (non-hydrogen) atoms. The molecule has 124 valence electrons. The van der Waals surface area contributed by atoms with Gasteiger partial charge in [0.2, 0.25) is 0 Å². The number of nitrogens with zero attached hydrogens (tertiary/aromatic N) is 3. The van der Waals surface area contributed by atoms with Gasteiger partial charge in [0.15, 0.2) is 0 Å². The average molecular weight is 332 g/mol. The highest BCUT2D eigenvalue weighted by Crippen LogP contribution is 2.21. The summed E-state index contributed by atoms with van der Waals surface area (Å²) in [5, 5.41) is 3.11. The SMILES string of the molecule is Cc1ncsc1CCN(C)C(=O)N[C@H](c1cccnc1)C(C)C. The molecule has 2 amide bonds. The number of hydrogen-bond acceptors (Lipinski definition) is 4. The normalized spacial score (nSPS) is 12.2. The maximum Gasteiger partial charge on any atom is 0.317 e. The zero-order chi connectivity index (χ0) is 16.8. The van der Waals surface area contributed by atoms with Crippen molar-refractivity contribution >= 4 is 17.4 Å². The summed E-state index contributed by atoms with van der Waals surface area (Å²) in [4.78, 5) is 23.8. The van der Waals surface area contributed by atoms with Crippen LogP contribution in [-0.4, -0.2) is 34.5 Å². The van der Waals surface area contributed by atoms with Crippen LogP contribution in [-0.2, 0) is 6.42 Å². The van der Waals surface area contributed by atoms with Crippen LogP contribution in [0.15, 0.2) is 30.0 Å². The van der Waals surface area contributed by atoms with Gasteiger partial charge >= 0.3 is 6.03 Å². The topological polar surface area (TPSA) is 58.1 Å². The smallest absolute Gasteiger partial charge is 0.317 e. The number of hydrogen-bond donors (Lipinski definition) is 1. The van der Waals surface area contributed by atoms with E-state index in [1.54, 1.807) is 22.4 Å². The quantitative estimate of drug-likeness (QED) is 0.882. The average Bonchev–Trinajstić information content (AvgIpc) is 2.95. The van der Waals surface area contributed by atoms with Gasteiger partial charge in [0.25, 0.3) is 0 Å². The van der Waals surface area contributed by atoms with Crippen molar-refractivity contribution in [2.75, 3.05) is 13.6 Å². The van der Waals surface area contributed by atoms with E-state index in [-0.39, 0.29) is 12.1 Å². The van der Waals surface area contributed by atoms with E-state index < -0.39 is 0 Å². The third-order valence-electron chi connectivity index (χ3n) is 3.86. The lowest BCUT2D eigenvalue weighted by molar-refractivity contribution is 0.201. The fourth-order valence-electron chi connectivity index (χ4n) is 2.37. The summed E-state index contributed by atoms with van der Waals surface area (Å²) in [5.41, 5.74) is 3.93. The Morgan fingerprint density at radius 1 is 1.43 bits per heavy atom. The van der Waals surface area contributed by atoms with Gasteiger partial charge in [0.1, 0.15) is 0 Å². The van der Waals surface area contributed by atoms with E-state index >= 15 is 0 Å². The Balaban J connectivity index is 1.94. The van der Waals surface area contributed by atoms with Gasteiger partial charge in [-0.3, -0.25) is 4.98 Å². The van der Waals surface area contributed by atoms with E-state index in [2.05, 4.69) is 29.1 Å². The summed E-state index contributed by atoms with van der Waals surface area (Å²) in [7, 11) is 1.83. The van der Waals surface area contributed by atoms with Gasteiger partial charge in [-0.2, -0.15) is 0 Å². The van der Waals surface area contributed by atoms with E-state index in [9.17, 15) is 4.79 Å². The van der Waals surface area contributed by atoms with Crippen LogP contribution < -0.4 is 5.32 Å². The first-order valence-corrected chi connectivity index (χ1v) is 8.67. The third kappa shape index (κ3) is 4.76. The molecule has 0 fully saturated rings. The molecule has 1 N–H and O–H groups in total. The number of aromatic nitrogens is 2. The van der Waals surface area contributed by atoms with Crippen LogP contribution in [0.3, 0.4) is 0 Å². The van der Waals surface area contributed by atoms with Crippen LogP contribution in [0.1, 0.15) is 36.0 Å². The molecule has 0 aliphatic heterocycles. The van der Waals surface area contributed by atoms with Crippen molar-refractivity contribution in [2.45, 2.75) is 33.2 Å². The fraction of sp³-hybridized carbons (Fsp3) is 0.471. The van der Waals surface area contributed by atoms with E-state index in [1.165, 1.54) is 4.88 Å².